The molecule has 7 heteroatoms. The zero-order valence-corrected chi connectivity index (χ0v) is 22.1. The lowest BCUT2D eigenvalue weighted by atomic mass is 9.76. The van der Waals surface area contributed by atoms with Gasteiger partial charge in [0, 0.05) is 17.4 Å². The molecule has 0 spiro atoms. The summed E-state index contributed by atoms with van der Waals surface area (Å²) in [5.74, 6) is 0.960. The minimum atomic E-state index is -4.67. The van der Waals surface area contributed by atoms with Crippen molar-refractivity contribution in [3.8, 4) is 5.75 Å². The summed E-state index contributed by atoms with van der Waals surface area (Å²) < 4.78 is 37.6. The van der Waals surface area contributed by atoms with Crippen LogP contribution in [0.15, 0.2) is 84.9 Å². The molecule has 0 aromatic heterocycles. The van der Waals surface area contributed by atoms with Crippen molar-refractivity contribution in [2.75, 3.05) is 26.2 Å². The van der Waals surface area contributed by atoms with Crippen molar-refractivity contribution < 1.29 is 22.3 Å². The molecule has 0 aliphatic heterocycles. The fourth-order valence-corrected chi connectivity index (χ4v) is 5.46. The predicted molar refractivity (Wildman–Crippen MR) is 144 cm³/mol. The summed E-state index contributed by atoms with van der Waals surface area (Å²) in [5.41, 5.74) is 4.41. The second-order valence-electron chi connectivity index (χ2n) is 9.10. The minimum Gasteiger partial charge on any atom is -0.492 e. The highest BCUT2D eigenvalue weighted by molar-refractivity contribution is 7.79. The van der Waals surface area contributed by atoms with Gasteiger partial charge in [-0.2, -0.15) is 8.42 Å². The van der Waals surface area contributed by atoms with E-state index in [0.717, 1.165) is 44.8 Å². The largest absolute Gasteiger partial charge is 0.492 e. The standard InChI is InChI=1S/C29H35NO.H2O4S/c1-4-28(24-13-9-7-10-14-24)23-29(28,25-15-11-8-12-16-25)26-17-19-27(20-18-26)31-22-21-30(5-2)6-3;1-5(2,3)4/h7-20H,4-6,21-23H2,1-3H3;(H2,1,2,3,4). The third-order valence-corrected chi connectivity index (χ3v) is 7.37. The van der Waals surface area contributed by atoms with Gasteiger partial charge in [-0.3, -0.25) is 9.11 Å². The van der Waals surface area contributed by atoms with E-state index in [1.165, 1.54) is 16.7 Å². The highest BCUT2D eigenvalue weighted by Crippen LogP contribution is 2.70. The van der Waals surface area contributed by atoms with Crippen molar-refractivity contribution in [1.82, 2.24) is 4.90 Å². The highest BCUT2D eigenvalue weighted by atomic mass is 32.3. The van der Waals surface area contributed by atoms with Crippen LogP contribution in [-0.2, 0) is 21.2 Å². The van der Waals surface area contributed by atoms with Gasteiger partial charge in [-0.1, -0.05) is 93.6 Å². The molecule has 0 heterocycles. The van der Waals surface area contributed by atoms with E-state index in [9.17, 15) is 0 Å². The molecule has 0 bridgehead atoms. The number of hydrogen-bond donors (Lipinski definition) is 2. The average Bonchev–Trinajstić information content (AvgIpc) is 3.59. The number of nitrogens with zero attached hydrogens (tertiary/aromatic N) is 1. The maximum Gasteiger partial charge on any atom is 0.394 e. The van der Waals surface area contributed by atoms with Crippen LogP contribution >= 0.6 is 0 Å². The van der Waals surface area contributed by atoms with Crippen molar-refractivity contribution in [1.29, 1.82) is 0 Å². The molecule has 3 aromatic rings. The van der Waals surface area contributed by atoms with Crippen molar-refractivity contribution in [2.45, 2.75) is 44.4 Å². The van der Waals surface area contributed by atoms with E-state index < -0.39 is 10.4 Å². The first-order chi connectivity index (χ1) is 17.2. The lowest BCUT2D eigenvalue weighted by molar-refractivity contribution is 0.223. The van der Waals surface area contributed by atoms with Gasteiger partial charge in [0.05, 0.1) is 0 Å². The zero-order chi connectivity index (χ0) is 26.2. The first-order valence-electron chi connectivity index (χ1n) is 12.5. The predicted octanol–water partition coefficient (Wildman–Crippen LogP) is 5.79. The first-order valence-corrected chi connectivity index (χ1v) is 13.9. The van der Waals surface area contributed by atoms with Crippen molar-refractivity contribution in [3.63, 3.8) is 0 Å². The average molecular weight is 512 g/mol. The molecule has 6 nitrogen and oxygen atoms in total. The molecular weight excluding hydrogens is 474 g/mol. The summed E-state index contributed by atoms with van der Waals surface area (Å²) in [5, 5.41) is 0. The maximum atomic E-state index is 8.74. The minimum absolute atomic E-state index is 0.0180. The SMILES string of the molecule is CCN(CC)CCOc1ccc(C2(c3ccccc3)CC2(CC)c2ccccc2)cc1.O=S(=O)(O)O. The number of benzene rings is 3. The molecule has 0 saturated heterocycles. The fourth-order valence-electron chi connectivity index (χ4n) is 5.46. The highest BCUT2D eigenvalue weighted by Gasteiger charge is 2.68. The zero-order valence-electron chi connectivity index (χ0n) is 21.3. The Morgan fingerprint density at radius 1 is 0.778 bits per heavy atom. The topological polar surface area (TPSA) is 87.1 Å². The molecule has 0 radical (unpaired) electrons. The van der Waals surface area contributed by atoms with Crippen LogP contribution in [0.4, 0.5) is 0 Å². The number of likely N-dealkylation sites (N-methyl/N-ethyl adjacent to an activating group) is 1. The number of rotatable bonds is 10. The lowest BCUT2D eigenvalue weighted by Gasteiger charge is -2.27. The van der Waals surface area contributed by atoms with Gasteiger partial charge in [-0.25, -0.2) is 0 Å². The van der Waals surface area contributed by atoms with Crippen LogP contribution in [0.25, 0.3) is 0 Å². The van der Waals surface area contributed by atoms with E-state index in [-0.39, 0.29) is 10.8 Å². The number of hydrogen-bond acceptors (Lipinski definition) is 4. The Labute approximate surface area is 215 Å². The molecule has 2 unspecified atom stereocenters. The molecule has 2 N–H and O–H groups in total. The molecule has 1 fully saturated rings. The van der Waals surface area contributed by atoms with Crippen LogP contribution in [0.3, 0.4) is 0 Å². The van der Waals surface area contributed by atoms with Crippen LogP contribution in [0.5, 0.6) is 5.75 Å². The van der Waals surface area contributed by atoms with Crippen molar-refractivity contribution >= 4 is 10.4 Å². The molecule has 36 heavy (non-hydrogen) atoms. The molecular formula is C29H37NO5S. The second kappa shape index (κ2) is 12.0. The van der Waals surface area contributed by atoms with Crippen LogP contribution in [-0.4, -0.2) is 48.7 Å². The van der Waals surface area contributed by atoms with Gasteiger partial charge >= 0.3 is 10.4 Å². The van der Waals surface area contributed by atoms with E-state index in [2.05, 4.69) is 111 Å². The van der Waals surface area contributed by atoms with Crippen LogP contribution in [0, 0.1) is 0 Å². The van der Waals surface area contributed by atoms with Gasteiger partial charge in [0.15, 0.2) is 0 Å². The van der Waals surface area contributed by atoms with Crippen molar-refractivity contribution in [2.24, 2.45) is 0 Å². The van der Waals surface area contributed by atoms with E-state index in [1.54, 1.807) is 0 Å². The summed E-state index contributed by atoms with van der Waals surface area (Å²) in [6.07, 6.45) is 2.26. The Morgan fingerprint density at radius 3 is 1.72 bits per heavy atom. The third kappa shape index (κ3) is 6.34. The van der Waals surface area contributed by atoms with Gasteiger partial charge in [0.2, 0.25) is 0 Å². The molecule has 1 aliphatic carbocycles. The van der Waals surface area contributed by atoms with Gasteiger partial charge in [0.1, 0.15) is 12.4 Å². The van der Waals surface area contributed by atoms with Crippen LogP contribution in [0.1, 0.15) is 50.3 Å². The summed E-state index contributed by atoms with van der Waals surface area (Å²) in [7, 11) is -4.67. The Balaban J connectivity index is 0.000000658. The van der Waals surface area contributed by atoms with Crippen molar-refractivity contribution in [3.05, 3.63) is 102 Å². The van der Waals surface area contributed by atoms with Crippen LogP contribution in [0.2, 0.25) is 0 Å². The fraction of sp³-hybridized carbons (Fsp3) is 0.379. The van der Waals surface area contributed by atoms with Gasteiger partial charge in [-0.15, -0.1) is 0 Å². The van der Waals surface area contributed by atoms with Gasteiger partial charge in [0.25, 0.3) is 0 Å². The summed E-state index contributed by atoms with van der Waals surface area (Å²) in [6.45, 7) is 10.6. The summed E-state index contributed by atoms with van der Waals surface area (Å²) >= 11 is 0. The lowest BCUT2D eigenvalue weighted by Crippen LogP contribution is -2.27. The Hall–Kier alpha value is -2.71. The maximum absolute atomic E-state index is 8.74. The summed E-state index contributed by atoms with van der Waals surface area (Å²) in [6, 6.07) is 31.0. The van der Waals surface area contributed by atoms with Gasteiger partial charge in [-0.05, 0) is 54.8 Å². The van der Waals surface area contributed by atoms with Crippen LogP contribution < -0.4 is 4.74 Å². The second-order valence-corrected chi connectivity index (χ2v) is 9.99. The third-order valence-electron chi connectivity index (χ3n) is 7.37. The molecule has 3 aromatic carbocycles. The Morgan fingerprint density at radius 2 is 1.25 bits per heavy atom. The molecule has 2 atom stereocenters. The van der Waals surface area contributed by atoms with E-state index in [0.29, 0.717) is 0 Å². The quantitative estimate of drug-likeness (QED) is 0.335. The monoisotopic (exact) mass is 511 g/mol. The molecule has 0 amide bonds. The first kappa shape index (κ1) is 27.9. The normalized spacial score (nSPS) is 20.9. The van der Waals surface area contributed by atoms with E-state index >= 15 is 0 Å². The Kier molecular flexibility index (Phi) is 9.30. The van der Waals surface area contributed by atoms with E-state index in [1.807, 2.05) is 0 Å². The van der Waals surface area contributed by atoms with E-state index in [4.69, 9.17) is 22.3 Å². The molecule has 4 rings (SSSR count). The Bertz CT molecular complexity index is 1170. The molecule has 194 valence electrons. The number of ether oxygens (including phenoxy) is 1. The summed E-state index contributed by atoms with van der Waals surface area (Å²) in [4.78, 5) is 2.39. The smallest absolute Gasteiger partial charge is 0.394 e. The van der Waals surface area contributed by atoms with Gasteiger partial charge < -0.3 is 9.64 Å². The molecule has 1 aliphatic rings. The molecule has 1 saturated carbocycles.